The van der Waals surface area contributed by atoms with E-state index >= 15 is 0 Å². The quantitative estimate of drug-likeness (QED) is 0.543. The molecule has 0 spiro atoms. The largest absolute Gasteiger partial charge is 0.389 e. The number of para-hydroxylation sites is 1. The van der Waals surface area contributed by atoms with Crippen LogP contribution in [0.2, 0.25) is 0 Å². The first-order valence-electron chi connectivity index (χ1n) is 7.03. The summed E-state index contributed by atoms with van der Waals surface area (Å²) in [6.07, 6.45) is 0. The first-order valence-corrected chi connectivity index (χ1v) is 7.03. The second-order valence-electron chi connectivity index (χ2n) is 5.97. The summed E-state index contributed by atoms with van der Waals surface area (Å²) in [6.45, 7) is 3.93. The van der Waals surface area contributed by atoms with Gasteiger partial charge in [-0.1, -0.05) is 18.2 Å². The van der Waals surface area contributed by atoms with Crippen LogP contribution in [0, 0.1) is 0 Å². The van der Waals surface area contributed by atoms with Gasteiger partial charge in [0.2, 0.25) is 0 Å². The molecule has 0 aliphatic heterocycles. The summed E-state index contributed by atoms with van der Waals surface area (Å²) in [5.41, 5.74) is 9.37. The molecule has 5 N–H and O–H groups in total. The highest BCUT2D eigenvalue weighted by Gasteiger charge is 2.22. The molecule has 2 aromatic heterocycles. The number of anilines is 1. The number of nitrogen functional groups attached to an aromatic ring is 1. The smallest absolute Gasteiger partial charge is 0.152 e. The molecule has 7 nitrogen and oxygen atoms in total. The van der Waals surface area contributed by atoms with Gasteiger partial charge >= 0.3 is 0 Å². The lowest BCUT2D eigenvalue weighted by Gasteiger charge is -2.20. The van der Waals surface area contributed by atoms with Gasteiger partial charge in [0.05, 0.1) is 29.7 Å². The summed E-state index contributed by atoms with van der Waals surface area (Å²) in [7, 11) is 0. The van der Waals surface area contributed by atoms with E-state index in [0.29, 0.717) is 23.7 Å². The summed E-state index contributed by atoms with van der Waals surface area (Å²) < 4.78 is 1.87. The van der Waals surface area contributed by atoms with E-state index in [1.807, 2.05) is 28.8 Å². The Balaban J connectivity index is 2.39. The normalized spacial score (nSPS) is 12.4. The zero-order valence-electron chi connectivity index (χ0n) is 12.5. The van der Waals surface area contributed by atoms with Crippen molar-refractivity contribution in [3.63, 3.8) is 0 Å². The Hall–Kier alpha value is -2.22. The molecule has 0 unspecified atom stereocenters. The zero-order chi connectivity index (χ0) is 15.9. The number of imidazole rings is 1. The Kier molecular flexibility index (Phi) is 3.48. The maximum atomic E-state index is 10.2. The summed E-state index contributed by atoms with van der Waals surface area (Å²) in [6, 6.07) is 7.65. The summed E-state index contributed by atoms with van der Waals surface area (Å²) >= 11 is 0. The van der Waals surface area contributed by atoms with Crippen LogP contribution in [0.1, 0.15) is 19.7 Å². The van der Waals surface area contributed by atoms with E-state index in [0.717, 1.165) is 16.4 Å². The molecule has 0 fully saturated rings. The Morgan fingerprint density at radius 2 is 2.00 bits per heavy atom. The molecule has 2 heterocycles. The van der Waals surface area contributed by atoms with E-state index in [2.05, 4.69) is 15.4 Å². The molecule has 1 aromatic carbocycles. The van der Waals surface area contributed by atoms with Crippen molar-refractivity contribution in [2.24, 2.45) is 0 Å². The van der Waals surface area contributed by atoms with Gasteiger partial charge in [-0.2, -0.15) is 5.48 Å². The fourth-order valence-corrected chi connectivity index (χ4v) is 2.67. The van der Waals surface area contributed by atoms with Gasteiger partial charge in [-0.3, -0.25) is 0 Å². The second-order valence-corrected chi connectivity index (χ2v) is 5.97. The Morgan fingerprint density at radius 1 is 1.27 bits per heavy atom. The average molecular weight is 301 g/mol. The molecule has 0 amide bonds. The van der Waals surface area contributed by atoms with Crippen molar-refractivity contribution in [3.8, 4) is 0 Å². The summed E-state index contributed by atoms with van der Waals surface area (Å²) in [5, 5.41) is 20.2. The number of aromatic nitrogens is 3. The minimum Gasteiger partial charge on any atom is -0.389 e. The molecule has 0 aliphatic carbocycles. The van der Waals surface area contributed by atoms with E-state index in [1.54, 1.807) is 13.8 Å². The van der Waals surface area contributed by atoms with E-state index in [-0.39, 0.29) is 6.54 Å². The van der Waals surface area contributed by atoms with Gasteiger partial charge in [0.1, 0.15) is 11.3 Å². The van der Waals surface area contributed by atoms with Crippen molar-refractivity contribution in [3.05, 3.63) is 30.1 Å². The van der Waals surface area contributed by atoms with Crippen molar-refractivity contribution in [1.29, 1.82) is 0 Å². The van der Waals surface area contributed by atoms with Crippen LogP contribution in [0.25, 0.3) is 21.9 Å². The number of hydrogen-bond acceptors (Lipinski definition) is 6. The molecule has 116 valence electrons. The highest BCUT2D eigenvalue weighted by Crippen LogP contribution is 2.29. The number of benzene rings is 1. The third kappa shape index (κ3) is 2.50. The molecule has 3 aromatic rings. The molecule has 0 atom stereocenters. The van der Waals surface area contributed by atoms with E-state index < -0.39 is 5.60 Å². The molecular formula is C15H19N5O2. The average Bonchev–Trinajstić information content (AvgIpc) is 2.77. The fraction of sp³-hybridized carbons (Fsp3) is 0.333. The molecule has 3 rings (SSSR count). The third-order valence-corrected chi connectivity index (χ3v) is 3.47. The lowest BCUT2D eigenvalue weighted by molar-refractivity contribution is 0.0607. The van der Waals surface area contributed by atoms with Crippen molar-refractivity contribution >= 4 is 27.8 Å². The third-order valence-electron chi connectivity index (χ3n) is 3.47. The van der Waals surface area contributed by atoms with E-state index in [1.165, 1.54) is 0 Å². The van der Waals surface area contributed by atoms with Crippen LogP contribution in [0.4, 0.5) is 5.82 Å². The number of aliphatic hydroxyl groups is 1. The summed E-state index contributed by atoms with van der Waals surface area (Å²) in [5.74, 6) is 0.923. The topological polar surface area (TPSA) is 109 Å². The van der Waals surface area contributed by atoms with Crippen molar-refractivity contribution in [2.75, 3.05) is 5.73 Å². The van der Waals surface area contributed by atoms with E-state index in [9.17, 15) is 5.11 Å². The van der Waals surface area contributed by atoms with Gasteiger partial charge in [-0.05, 0) is 19.9 Å². The summed E-state index contributed by atoms with van der Waals surface area (Å²) in [4.78, 5) is 8.85. The molecule has 22 heavy (non-hydrogen) atoms. The Bertz CT molecular complexity index is 835. The number of pyridine rings is 1. The lowest BCUT2D eigenvalue weighted by Crippen LogP contribution is -2.28. The fourth-order valence-electron chi connectivity index (χ4n) is 2.67. The number of nitrogens with zero attached hydrogens (tertiary/aromatic N) is 3. The maximum Gasteiger partial charge on any atom is 0.152 e. The van der Waals surface area contributed by atoms with Gasteiger partial charge < -0.3 is 20.6 Å². The van der Waals surface area contributed by atoms with Gasteiger partial charge in [-0.25, -0.2) is 9.97 Å². The van der Waals surface area contributed by atoms with Crippen LogP contribution in [0.15, 0.2) is 24.3 Å². The molecule has 0 aliphatic rings. The van der Waals surface area contributed by atoms with Gasteiger partial charge in [0.15, 0.2) is 5.82 Å². The number of rotatable bonds is 4. The monoisotopic (exact) mass is 301 g/mol. The molecule has 0 saturated carbocycles. The second kappa shape index (κ2) is 5.20. The number of fused-ring (bicyclic) bond motifs is 3. The van der Waals surface area contributed by atoms with Crippen LogP contribution in [0.3, 0.4) is 0 Å². The van der Waals surface area contributed by atoms with Crippen LogP contribution >= 0.6 is 0 Å². The number of nitrogens with one attached hydrogen (secondary N) is 1. The minimum atomic E-state index is -0.934. The molecule has 0 bridgehead atoms. The van der Waals surface area contributed by atoms with Crippen LogP contribution in [-0.2, 0) is 13.1 Å². The predicted octanol–water partition coefficient (Wildman–Crippen LogP) is 1.42. The highest BCUT2D eigenvalue weighted by atomic mass is 16.5. The van der Waals surface area contributed by atoms with Crippen LogP contribution < -0.4 is 11.2 Å². The van der Waals surface area contributed by atoms with Gasteiger partial charge in [0.25, 0.3) is 0 Å². The number of nitrogens with two attached hydrogens (primary N) is 1. The molecular weight excluding hydrogens is 282 g/mol. The standard InChI is InChI=1S/C15H19N5O2/c1-15(2,21)8-20-11(7-17-22)19-12-13(20)9-5-3-4-6-10(9)18-14(12)16/h3-6,17,21-22H,7-8H2,1-2H3,(H2,16,18). The molecule has 7 heteroatoms. The Morgan fingerprint density at radius 3 is 2.68 bits per heavy atom. The molecule has 0 saturated heterocycles. The zero-order valence-corrected chi connectivity index (χ0v) is 12.5. The van der Waals surface area contributed by atoms with Crippen molar-refractivity contribution < 1.29 is 10.3 Å². The highest BCUT2D eigenvalue weighted by molar-refractivity contribution is 6.06. The van der Waals surface area contributed by atoms with Crippen LogP contribution in [-0.4, -0.2) is 30.4 Å². The Labute approximate surface area is 127 Å². The van der Waals surface area contributed by atoms with Gasteiger partial charge in [-0.15, -0.1) is 0 Å². The van der Waals surface area contributed by atoms with E-state index in [4.69, 9.17) is 10.9 Å². The first-order chi connectivity index (χ1) is 10.4. The maximum absolute atomic E-state index is 10.2. The van der Waals surface area contributed by atoms with Crippen molar-refractivity contribution in [1.82, 2.24) is 20.0 Å². The molecule has 0 radical (unpaired) electrons. The van der Waals surface area contributed by atoms with Crippen LogP contribution in [0.5, 0.6) is 0 Å². The minimum absolute atomic E-state index is 0.151. The SMILES string of the molecule is CC(C)(O)Cn1c(CNO)nc2c(N)nc3ccccc3c21. The lowest BCUT2D eigenvalue weighted by atomic mass is 10.1. The first kappa shape index (κ1) is 14.7. The number of hydrogen-bond donors (Lipinski definition) is 4. The van der Waals surface area contributed by atoms with Crippen molar-refractivity contribution in [2.45, 2.75) is 32.5 Å². The number of hydroxylamine groups is 1. The van der Waals surface area contributed by atoms with Gasteiger partial charge in [0, 0.05) is 5.39 Å². The predicted molar refractivity (Wildman–Crippen MR) is 84.4 cm³/mol.